The number of nitro groups is 1. The number of hydrogen-bond donors (Lipinski definition) is 0. The molecule has 19 heavy (non-hydrogen) atoms. The summed E-state index contributed by atoms with van der Waals surface area (Å²) in [5.41, 5.74) is -0.340. The van der Waals surface area contributed by atoms with Crippen molar-refractivity contribution in [2.75, 3.05) is 26.3 Å². The van der Waals surface area contributed by atoms with Gasteiger partial charge < -0.3 is 4.74 Å². The number of halogens is 1. The highest BCUT2D eigenvalue weighted by Gasteiger charge is 2.31. The van der Waals surface area contributed by atoms with Crippen LogP contribution in [0.3, 0.4) is 0 Å². The van der Waals surface area contributed by atoms with Crippen LogP contribution in [0, 0.1) is 10.1 Å². The predicted molar refractivity (Wildman–Crippen MR) is 70.4 cm³/mol. The molecule has 0 N–H and O–H groups in total. The molecule has 0 saturated carbocycles. The molecule has 1 aromatic rings. The van der Waals surface area contributed by atoms with E-state index in [1.54, 1.807) is 0 Å². The van der Waals surface area contributed by atoms with E-state index >= 15 is 0 Å². The Morgan fingerprint density at radius 3 is 2.68 bits per heavy atom. The molecule has 7 nitrogen and oxygen atoms in total. The summed E-state index contributed by atoms with van der Waals surface area (Å²) in [6.07, 6.45) is 1.19. The Labute approximate surface area is 116 Å². The zero-order valence-electron chi connectivity index (χ0n) is 11.0. The summed E-state index contributed by atoms with van der Waals surface area (Å²) in [5.74, 6) is 0. The van der Waals surface area contributed by atoms with Gasteiger partial charge in [-0.15, -0.1) is 0 Å². The maximum absolute atomic E-state index is 10.7. The largest absolute Gasteiger partial charge is 0.379 e. The maximum Gasteiger partial charge on any atom is 0.325 e. The minimum absolute atomic E-state index is 0.0753. The first-order chi connectivity index (χ1) is 8.92. The molecule has 0 aromatic carbocycles. The van der Waals surface area contributed by atoms with Crippen molar-refractivity contribution in [2.45, 2.75) is 25.9 Å². The molecule has 0 bridgehead atoms. The first-order valence-electron chi connectivity index (χ1n) is 6.10. The van der Waals surface area contributed by atoms with Gasteiger partial charge in [0.2, 0.25) is 5.15 Å². The molecule has 106 valence electrons. The minimum Gasteiger partial charge on any atom is -0.379 e. The first-order valence-corrected chi connectivity index (χ1v) is 6.48. The van der Waals surface area contributed by atoms with Crippen molar-refractivity contribution in [3.8, 4) is 0 Å². The van der Waals surface area contributed by atoms with Crippen LogP contribution in [0.4, 0.5) is 5.69 Å². The van der Waals surface area contributed by atoms with Crippen molar-refractivity contribution in [3.05, 3.63) is 21.5 Å². The van der Waals surface area contributed by atoms with Gasteiger partial charge in [-0.05, 0) is 13.8 Å². The lowest BCUT2D eigenvalue weighted by Crippen LogP contribution is -2.52. The summed E-state index contributed by atoms with van der Waals surface area (Å²) in [5, 5.41) is 14.8. The van der Waals surface area contributed by atoms with Crippen molar-refractivity contribution >= 4 is 17.3 Å². The van der Waals surface area contributed by atoms with Gasteiger partial charge >= 0.3 is 5.69 Å². The Bertz CT molecular complexity index is 469. The lowest BCUT2D eigenvalue weighted by molar-refractivity contribution is -0.384. The third-order valence-corrected chi connectivity index (χ3v) is 3.75. The molecule has 2 rings (SSSR count). The van der Waals surface area contributed by atoms with Gasteiger partial charge in [0.05, 0.1) is 24.7 Å². The van der Waals surface area contributed by atoms with E-state index in [-0.39, 0.29) is 16.4 Å². The van der Waals surface area contributed by atoms with Crippen LogP contribution >= 0.6 is 11.6 Å². The fraction of sp³-hybridized carbons (Fsp3) is 0.727. The van der Waals surface area contributed by atoms with Crippen LogP contribution in [0.1, 0.15) is 13.8 Å². The standard InChI is InChI=1S/C11H17ClN4O3/c1-11(2,14-3-5-19-6-4-14)8-15-10(12)9(7-13-15)16(17)18/h7H,3-6,8H2,1-2H3. The Balaban J connectivity index is 2.13. The van der Waals surface area contributed by atoms with Crippen LogP contribution in [0.5, 0.6) is 0 Å². The molecule has 0 spiro atoms. The molecule has 0 radical (unpaired) electrons. The quantitative estimate of drug-likeness (QED) is 0.621. The van der Waals surface area contributed by atoms with E-state index in [9.17, 15) is 10.1 Å². The lowest BCUT2D eigenvalue weighted by atomic mass is 10.0. The summed E-state index contributed by atoms with van der Waals surface area (Å²) in [4.78, 5) is 12.5. The van der Waals surface area contributed by atoms with E-state index in [0.717, 1.165) is 13.1 Å². The maximum atomic E-state index is 10.7. The molecule has 1 aromatic heterocycles. The number of nitrogens with zero attached hydrogens (tertiary/aromatic N) is 4. The van der Waals surface area contributed by atoms with Gasteiger partial charge in [0, 0.05) is 18.6 Å². The van der Waals surface area contributed by atoms with E-state index in [4.69, 9.17) is 16.3 Å². The Hall–Kier alpha value is -1.18. The average molecular weight is 289 g/mol. The number of morpholine rings is 1. The predicted octanol–water partition coefficient (Wildman–Crippen LogP) is 1.56. The third-order valence-electron chi connectivity index (χ3n) is 3.36. The highest BCUT2D eigenvalue weighted by atomic mass is 35.5. The van der Waals surface area contributed by atoms with E-state index in [0.29, 0.717) is 19.8 Å². The molecule has 2 heterocycles. The molecule has 1 saturated heterocycles. The second-order valence-electron chi connectivity index (χ2n) is 5.15. The fourth-order valence-electron chi connectivity index (χ4n) is 2.23. The Kier molecular flexibility index (Phi) is 4.07. The van der Waals surface area contributed by atoms with E-state index in [2.05, 4.69) is 23.8 Å². The van der Waals surface area contributed by atoms with Crippen LogP contribution < -0.4 is 0 Å². The lowest BCUT2D eigenvalue weighted by Gasteiger charge is -2.40. The van der Waals surface area contributed by atoms with Gasteiger partial charge in [0.25, 0.3) is 0 Å². The average Bonchev–Trinajstić information content (AvgIpc) is 2.72. The molecule has 1 aliphatic heterocycles. The summed E-state index contributed by atoms with van der Waals surface area (Å²) >= 11 is 5.98. The number of ether oxygens (including phenoxy) is 1. The van der Waals surface area contributed by atoms with Crippen LogP contribution in [-0.2, 0) is 11.3 Å². The third kappa shape index (κ3) is 3.05. The smallest absolute Gasteiger partial charge is 0.325 e. The van der Waals surface area contributed by atoms with E-state index < -0.39 is 4.92 Å². The fourth-order valence-corrected chi connectivity index (χ4v) is 2.45. The summed E-state index contributed by atoms with van der Waals surface area (Å²) < 4.78 is 6.81. The summed E-state index contributed by atoms with van der Waals surface area (Å²) in [6, 6.07) is 0. The van der Waals surface area contributed by atoms with Crippen LogP contribution in [-0.4, -0.2) is 51.4 Å². The van der Waals surface area contributed by atoms with Crippen molar-refractivity contribution in [3.63, 3.8) is 0 Å². The Morgan fingerprint density at radius 2 is 2.16 bits per heavy atom. The van der Waals surface area contributed by atoms with Crippen molar-refractivity contribution < 1.29 is 9.66 Å². The van der Waals surface area contributed by atoms with Gasteiger partial charge in [-0.3, -0.25) is 15.0 Å². The molecule has 0 unspecified atom stereocenters. The Morgan fingerprint density at radius 1 is 1.53 bits per heavy atom. The highest BCUT2D eigenvalue weighted by molar-refractivity contribution is 6.31. The van der Waals surface area contributed by atoms with Crippen molar-refractivity contribution in [1.29, 1.82) is 0 Å². The van der Waals surface area contributed by atoms with E-state index in [1.165, 1.54) is 10.9 Å². The highest BCUT2D eigenvalue weighted by Crippen LogP contribution is 2.26. The molecular weight excluding hydrogens is 272 g/mol. The second-order valence-corrected chi connectivity index (χ2v) is 5.51. The topological polar surface area (TPSA) is 73.4 Å². The van der Waals surface area contributed by atoms with Gasteiger partial charge in [-0.1, -0.05) is 11.6 Å². The molecule has 0 amide bonds. The zero-order chi connectivity index (χ0) is 14.0. The normalized spacial score (nSPS) is 17.6. The zero-order valence-corrected chi connectivity index (χ0v) is 11.8. The molecule has 8 heteroatoms. The molecule has 1 aliphatic rings. The van der Waals surface area contributed by atoms with Gasteiger partial charge in [-0.25, -0.2) is 4.68 Å². The van der Waals surface area contributed by atoms with Crippen molar-refractivity contribution in [2.24, 2.45) is 0 Å². The SMILES string of the molecule is CC(C)(Cn1ncc([N+](=O)[O-])c1Cl)N1CCOCC1. The van der Waals surface area contributed by atoms with Crippen molar-refractivity contribution in [1.82, 2.24) is 14.7 Å². The van der Waals surface area contributed by atoms with Crippen LogP contribution in [0.2, 0.25) is 5.15 Å². The van der Waals surface area contributed by atoms with Gasteiger partial charge in [0.1, 0.15) is 6.20 Å². The van der Waals surface area contributed by atoms with E-state index in [1.807, 2.05) is 0 Å². The molecular formula is C11H17ClN4O3. The number of hydrogen-bond acceptors (Lipinski definition) is 5. The van der Waals surface area contributed by atoms with Crippen LogP contribution in [0.15, 0.2) is 6.20 Å². The summed E-state index contributed by atoms with van der Waals surface area (Å²) in [6.45, 7) is 7.73. The molecule has 0 aliphatic carbocycles. The summed E-state index contributed by atoms with van der Waals surface area (Å²) in [7, 11) is 0. The minimum atomic E-state index is -0.520. The number of rotatable bonds is 4. The number of aromatic nitrogens is 2. The second kappa shape index (κ2) is 5.44. The van der Waals surface area contributed by atoms with Gasteiger partial charge in [0.15, 0.2) is 0 Å². The van der Waals surface area contributed by atoms with Gasteiger partial charge in [-0.2, -0.15) is 5.10 Å². The molecule has 1 fully saturated rings. The molecule has 0 atom stereocenters. The van der Waals surface area contributed by atoms with Crippen LogP contribution in [0.25, 0.3) is 0 Å². The monoisotopic (exact) mass is 288 g/mol. The first kappa shape index (κ1) is 14.2.